The van der Waals surface area contributed by atoms with Crippen LogP contribution in [0.25, 0.3) is 17.0 Å². The molecule has 2 aromatic carbocycles. The summed E-state index contributed by atoms with van der Waals surface area (Å²) in [5.74, 6) is -3.84. The zero-order chi connectivity index (χ0) is 20.9. The quantitative estimate of drug-likeness (QED) is 0.484. The molecule has 0 saturated carbocycles. The number of aromatic amines is 1. The summed E-state index contributed by atoms with van der Waals surface area (Å²) in [6, 6.07) is 4.58. The molecule has 0 spiro atoms. The van der Waals surface area contributed by atoms with Crippen LogP contribution in [0, 0.1) is 28.8 Å². The standard InChI is InChI=1S/C19H8ClF3N4O2/c20-12-2-1-11-9(7-25-17(11)16(12)23)4-13-18(28)27(19(29)26-13)14-5-10(21)3-8(6-24)15(14)22/h1-5,7,25H,(H,26,29). The maximum Gasteiger partial charge on any atom is 0.333 e. The summed E-state index contributed by atoms with van der Waals surface area (Å²) in [7, 11) is 0. The maximum absolute atomic E-state index is 14.4. The summed E-state index contributed by atoms with van der Waals surface area (Å²) in [4.78, 5) is 28.0. The zero-order valence-electron chi connectivity index (χ0n) is 14.2. The number of benzene rings is 2. The van der Waals surface area contributed by atoms with Gasteiger partial charge in [-0.3, -0.25) is 4.79 Å². The van der Waals surface area contributed by atoms with Crippen molar-refractivity contribution in [3.63, 3.8) is 0 Å². The number of amides is 3. The molecule has 4 rings (SSSR count). The number of halogens is 4. The van der Waals surface area contributed by atoms with Gasteiger partial charge in [-0.15, -0.1) is 0 Å². The molecule has 0 radical (unpaired) electrons. The van der Waals surface area contributed by atoms with Gasteiger partial charge >= 0.3 is 6.03 Å². The first-order valence-corrected chi connectivity index (χ1v) is 8.41. The fourth-order valence-corrected chi connectivity index (χ4v) is 3.17. The van der Waals surface area contributed by atoms with Crippen LogP contribution in [0.15, 0.2) is 36.2 Å². The Bertz CT molecular complexity index is 1290. The second-order valence-electron chi connectivity index (χ2n) is 6.05. The minimum Gasteiger partial charge on any atom is -0.358 e. The van der Waals surface area contributed by atoms with E-state index in [1.165, 1.54) is 30.5 Å². The number of nitrogens with zero attached hydrogens (tertiary/aromatic N) is 2. The molecule has 2 heterocycles. The number of H-pyrrole nitrogens is 1. The summed E-state index contributed by atoms with van der Waals surface area (Å²) in [6.07, 6.45) is 2.66. The van der Waals surface area contributed by atoms with E-state index in [2.05, 4.69) is 10.3 Å². The van der Waals surface area contributed by atoms with Crippen molar-refractivity contribution in [3.8, 4) is 6.07 Å². The van der Waals surface area contributed by atoms with Gasteiger partial charge in [0, 0.05) is 23.2 Å². The first-order valence-electron chi connectivity index (χ1n) is 8.03. The smallest absolute Gasteiger partial charge is 0.333 e. The van der Waals surface area contributed by atoms with Crippen molar-refractivity contribution in [1.29, 1.82) is 5.26 Å². The number of nitrogens with one attached hydrogen (secondary N) is 2. The van der Waals surface area contributed by atoms with Crippen LogP contribution in [-0.4, -0.2) is 16.9 Å². The number of urea groups is 1. The van der Waals surface area contributed by atoms with E-state index in [9.17, 15) is 22.8 Å². The highest BCUT2D eigenvalue weighted by atomic mass is 35.5. The van der Waals surface area contributed by atoms with Gasteiger partial charge in [-0.05, 0) is 18.2 Å². The lowest BCUT2D eigenvalue weighted by molar-refractivity contribution is -0.113. The summed E-state index contributed by atoms with van der Waals surface area (Å²) in [5.41, 5.74) is -1.12. The highest BCUT2D eigenvalue weighted by molar-refractivity contribution is 6.31. The zero-order valence-corrected chi connectivity index (χ0v) is 14.9. The third kappa shape index (κ3) is 2.90. The molecule has 3 amide bonds. The molecular weight excluding hydrogens is 409 g/mol. The average molecular weight is 417 g/mol. The Morgan fingerprint density at radius 3 is 2.62 bits per heavy atom. The summed E-state index contributed by atoms with van der Waals surface area (Å²) >= 11 is 5.73. The highest BCUT2D eigenvalue weighted by Crippen LogP contribution is 2.30. The molecule has 0 bridgehead atoms. The SMILES string of the molecule is N#Cc1cc(F)cc(N2C(=O)NC(=Cc3c[nH]c4c(F)c(Cl)ccc34)C2=O)c1F. The van der Waals surface area contributed by atoms with Gasteiger partial charge in [0.25, 0.3) is 5.91 Å². The van der Waals surface area contributed by atoms with Crippen molar-refractivity contribution < 1.29 is 22.8 Å². The van der Waals surface area contributed by atoms with Crippen molar-refractivity contribution in [2.24, 2.45) is 0 Å². The third-order valence-electron chi connectivity index (χ3n) is 4.34. The molecule has 1 aliphatic heterocycles. The lowest BCUT2D eigenvalue weighted by atomic mass is 10.1. The fourth-order valence-electron chi connectivity index (χ4n) is 3.01. The summed E-state index contributed by atoms with van der Waals surface area (Å²) in [5, 5.41) is 11.4. The van der Waals surface area contributed by atoms with E-state index in [-0.39, 0.29) is 16.2 Å². The molecule has 29 heavy (non-hydrogen) atoms. The number of nitriles is 1. The average Bonchev–Trinajstić information content (AvgIpc) is 3.21. The predicted molar refractivity (Wildman–Crippen MR) is 98.3 cm³/mol. The van der Waals surface area contributed by atoms with Gasteiger partial charge in [0.2, 0.25) is 0 Å². The Morgan fingerprint density at radius 1 is 1.14 bits per heavy atom. The number of rotatable bonds is 2. The van der Waals surface area contributed by atoms with Gasteiger partial charge < -0.3 is 10.3 Å². The molecule has 10 heteroatoms. The van der Waals surface area contributed by atoms with Crippen LogP contribution in [0.5, 0.6) is 0 Å². The van der Waals surface area contributed by atoms with Gasteiger partial charge in [0.15, 0.2) is 11.6 Å². The number of hydrogen-bond donors (Lipinski definition) is 2. The number of fused-ring (bicyclic) bond motifs is 1. The molecule has 1 aliphatic rings. The largest absolute Gasteiger partial charge is 0.358 e. The molecule has 2 N–H and O–H groups in total. The molecule has 1 aromatic heterocycles. The Morgan fingerprint density at radius 2 is 1.90 bits per heavy atom. The third-order valence-corrected chi connectivity index (χ3v) is 4.63. The summed E-state index contributed by atoms with van der Waals surface area (Å²) in [6.45, 7) is 0. The van der Waals surface area contributed by atoms with Crippen LogP contribution in [0.3, 0.4) is 0 Å². The van der Waals surface area contributed by atoms with E-state index in [1.54, 1.807) is 0 Å². The van der Waals surface area contributed by atoms with Crippen molar-refractivity contribution in [2.45, 2.75) is 0 Å². The molecule has 0 unspecified atom stereocenters. The van der Waals surface area contributed by atoms with Crippen LogP contribution in [0.2, 0.25) is 5.02 Å². The van der Waals surface area contributed by atoms with Crippen LogP contribution >= 0.6 is 11.6 Å². The van der Waals surface area contributed by atoms with Gasteiger partial charge in [-0.2, -0.15) is 5.26 Å². The van der Waals surface area contributed by atoms with E-state index in [0.29, 0.717) is 28.0 Å². The van der Waals surface area contributed by atoms with Crippen LogP contribution in [-0.2, 0) is 4.79 Å². The Kier molecular flexibility index (Phi) is 4.28. The fraction of sp³-hybridized carbons (Fsp3) is 0. The molecule has 3 aromatic rings. The molecule has 0 atom stereocenters. The van der Waals surface area contributed by atoms with Crippen molar-refractivity contribution in [1.82, 2.24) is 10.3 Å². The van der Waals surface area contributed by atoms with Crippen LogP contribution in [0.1, 0.15) is 11.1 Å². The second-order valence-corrected chi connectivity index (χ2v) is 6.46. The van der Waals surface area contributed by atoms with E-state index < -0.39 is 40.6 Å². The summed E-state index contributed by atoms with van der Waals surface area (Å²) < 4.78 is 42.2. The lowest BCUT2D eigenvalue weighted by Crippen LogP contribution is -2.31. The van der Waals surface area contributed by atoms with E-state index in [0.717, 1.165) is 0 Å². The predicted octanol–water partition coefficient (Wildman–Crippen LogP) is 4.21. The minimum absolute atomic E-state index is 0.0927. The van der Waals surface area contributed by atoms with Gasteiger partial charge in [-0.1, -0.05) is 17.7 Å². The normalized spacial score (nSPS) is 15.3. The topological polar surface area (TPSA) is 89.0 Å². The van der Waals surface area contributed by atoms with Gasteiger partial charge in [-0.25, -0.2) is 22.9 Å². The van der Waals surface area contributed by atoms with Crippen molar-refractivity contribution in [3.05, 3.63) is 69.8 Å². The molecule has 6 nitrogen and oxygen atoms in total. The molecule has 1 saturated heterocycles. The van der Waals surface area contributed by atoms with E-state index >= 15 is 0 Å². The monoisotopic (exact) mass is 416 g/mol. The van der Waals surface area contributed by atoms with Crippen LogP contribution < -0.4 is 10.2 Å². The molecular formula is C19H8ClF3N4O2. The lowest BCUT2D eigenvalue weighted by Gasteiger charge is -2.13. The second kappa shape index (κ2) is 6.68. The highest BCUT2D eigenvalue weighted by Gasteiger charge is 2.37. The molecule has 0 aliphatic carbocycles. The number of anilines is 1. The van der Waals surface area contributed by atoms with Gasteiger partial charge in [0.05, 0.1) is 21.8 Å². The number of aromatic nitrogens is 1. The Balaban J connectivity index is 1.78. The number of hydrogen-bond acceptors (Lipinski definition) is 3. The number of imide groups is 1. The molecule has 144 valence electrons. The van der Waals surface area contributed by atoms with Gasteiger partial charge in [0.1, 0.15) is 17.6 Å². The van der Waals surface area contributed by atoms with Crippen LogP contribution in [0.4, 0.5) is 23.7 Å². The Labute approximate surface area is 165 Å². The van der Waals surface area contributed by atoms with Crippen molar-refractivity contribution in [2.75, 3.05) is 4.90 Å². The minimum atomic E-state index is -1.21. The number of carbonyl (C=O) groups excluding carboxylic acids is 2. The van der Waals surface area contributed by atoms with E-state index in [4.69, 9.17) is 16.9 Å². The first kappa shape index (κ1) is 18.6. The van der Waals surface area contributed by atoms with E-state index in [1.807, 2.05) is 0 Å². The number of carbonyl (C=O) groups is 2. The maximum atomic E-state index is 14.4. The first-order chi connectivity index (χ1) is 13.8. The Hall–Kier alpha value is -3.77. The van der Waals surface area contributed by atoms with Crippen molar-refractivity contribution >= 4 is 46.2 Å². The molecule has 1 fully saturated rings.